The van der Waals surface area contributed by atoms with Crippen LogP contribution in [0.2, 0.25) is 0 Å². The summed E-state index contributed by atoms with van der Waals surface area (Å²) in [6.07, 6.45) is 5.62. The molecular weight excluding hydrogens is 160 g/mol. The zero-order chi connectivity index (χ0) is 9.26. The van der Waals surface area contributed by atoms with E-state index >= 15 is 0 Å². The average molecular weight is 178 g/mol. The number of hydrogen-bond acceptors (Lipinski definition) is 2. The lowest BCUT2D eigenvalue weighted by molar-refractivity contribution is 0.346. The zero-order valence-electron chi connectivity index (χ0n) is 8.29. The maximum atomic E-state index is 8.65. The van der Waals surface area contributed by atoms with Crippen molar-refractivity contribution in [2.45, 2.75) is 38.6 Å². The molecule has 0 heterocycles. The van der Waals surface area contributed by atoms with Gasteiger partial charge in [-0.2, -0.15) is 5.26 Å². The van der Waals surface area contributed by atoms with E-state index < -0.39 is 0 Å². The second-order valence-corrected chi connectivity index (χ2v) is 4.64. The fourth-order valence-electron chi connectivity index (χ4n) is 2.54. The quantitative estimate of drug-likeness (QED) is 0.716. The van der Waals surface area contributed by atoms with Gasteiger partial charge in [-0.15, -0.1) is 0 Å². The first-order chi connectivity index (χ1) is 6.31. The third-order valence-electron chi connectivity index (χ3n) is 3.49. The SMILES string of the molecule is CC(C#N)CNC1CCC[C@H]2C[C@@H]12. The van der Waals surface area contributed by atoms with E-state index in [2.05, 4.69) is 11.4 Å². The summed E-state index contributed by atoms with van der Waals surface area (Å²) < 4.78 is 0. The van der Waals surface area contributed by atoms with E-state index in [1.54, 1.807) is 0 Å². The molecule has 0 bridgehead atoms. The number of rotatable bonds is 3. The smallest absolute Gasteiger partial charge is 0.0666 e. The number of hydrogen-bond donors (Lipinski definition) is 1. The van der Waals surface area contributed by atoms with Gasteiger partial charge in [-0.25, -0.2) is 0 Å². The summed E-state index contributed by atoms with van der Waals surface area (Å²) in [7, 11) is 0. The van der Waals surface area contributed by atoms with E-state index in [-0.39, 0.29) is 5.92 Å². The van der Waals surface area contributed by atoms with Crippen molar-refractivity contribution in [3.8, 4) is 6.07 Å². The highest BCUT2D eigenvalue weighted by Gasteiger charge is 2.44. The molecule has 2 rings (SSSR count). The standard InChI is InChI=1S/C11H18N2/c1-8(6-12)7-13-11-4-2-3-9-5-10(9)11/h8-11,13H,2-5,7H2,1H3/t8?,9-,10+,11?/m0/s1. The van der Waals surface area contributed by atoms with E-state index in [0.29, 0.717) is 0 Å². The van der Waals surface area contributed by atoms with Crippen LogP contribution in [0.5, 0.6) is 0 Å². The molecule has 13 heavy (non-hydrogen) atoms. The van der Waals surface area contributed by atoms with E-state index in [1.807, 2.05) is 6.92 Å². The van der Waals surface area contributed by atoms with Gasteiger partial charge in [0.25, 0.3) is 0 Å². The minimum atomic E-state index is 0.166. The molecule has 0 amide bonds. The molecule has 2 aliphatic rings. The highest BCUT2D eigenvalue weighted by atomic mass is 14.9. The van der Waals surface area contributed by atoms with Crippen LogP contribution in [0.4, 0.5) is 0 Å². The Morgan fingerprint density at radius 1 is 1.54 bits per heavy atom. The Morgan fingerprint density at radius 2 is 2.38 bits per heavy atom. The van der Waals surface area contributed by atoms with Crippen molar-refractivity contribution >= 4 is 0 Å². The first-order valence-electron chi connectivity index (χ1n) is 5.44. The molecule has 72 valence electrons. The molecule has 2 heteroatoms. The highest BCUT2D eigenvalue weighted by Crippen LogP contribution is 2.49. The van der Waals surface area contributed by atoms with Gasteiger partial charge in [-0.05, 0) is 31.6 Å². The van der Waals surface area contributed by atoms with Gasteiger partial charge in [0, 0.05) is 12.6 Å². The Hall–Kier alpha value is -0.550. The van der Waals surface area contributed by atoms with Crippen LogP contribution in [0, 0.1) is 29.1 Å². The van der Waals surface area contributed by atoms with Crippen LogP contribution in [-0.2, 0) is 0 Å². The monoisotopic (exact) mass is 178 g/mol. The van der Waals surface area contributed by atoms with Crippen LogP contribution in [0.15, 0.2) is 0 Å². The molecule has 0 spiro atoms. The van der Waals surface area contributed by atoms with Crippen LogP contribution in [0.3, 0.4) is 0 Å². The minimum Gasteiger partial charge on any atom is -0.312 e. The van der Waals surface area contributed by atoms with Gasteiger partial charge >= 0.3 is 0 Å². The molecule has 2 unspecified atom stereocenters. The van der Waals surface area contributed by atoms with Gasteiger partial charge in [-0.3, -0.25) is 0 Å². The average Bonchev–Trinajstić information content (AvgIpc) is 2.92. The van der Waals surface area contributed by atoms with Gasteiger partial charge in [0.1, 0.15) is 0 Å². The van der Waals surface area contributed by atoms with Crippen LogP contribution in [0.1, 0.15) is 32.6 Å². The second kappa shape index (κ2) is 3.67. The van der Waals surface area contributed by atoms with Gasteiger partial charge in [0.2, 0.25) is 0 Å². The van der Waals surface area contributed by atoms with Gasteiger partial charge in [-0.1, -0.05) is 12.8 Å². The molecule has 0 radical (unpaired) electrons. The summed E-state index contributed by atoms with van der Waals surface area (Å²) in [4.78, 5) is 0. The molecule has 0 saturated heterocycles. The third kappa shape index (κ3) is 2.03. The molecule has 4 atom stereocenters. The summed E-state index contributed by atoms with van der Waals surface area (Å²) in [5, 5.41) is 12.2. The fraction of sp³-hybridized carbons (Fsp3) is 0.909. The topological polar surface area (TPSA) is 35.8 Å². The number of nitrogens with zero attached hydrogens (tertiary/aromatic N) is 1. The summed E-state index contributed by atoms with van der Waals surface area (Å²) in [6.45, 7) is 2.87. The Labute approximate surface area is 80.3 Å². The largest absolute Gasteiger partial charge is 0.312 e. The van der Waals surface area contributed by atoms with Crippen LogP contribution < -0.4 is 5.32 Å². The summed E-state index contributed by atoms with van der Waals surface area (Å²) in [5.74, 6) is 2.16. The Balaban J connectivity index is 1.73. The normalized spacial score (nSPS) is 38.9. The molecule has 0 aliphatic heterocycles. The zero-order valence-corrected chi connectivity index (χ0v) is 8.29. The van der Waals surface area contributed by atoms with Crippen molar-refractivity contribution in [3.63, 3.8) is 0 Å². The van der Waals surface area contributed by atoms with Crippen molar-refractivity contribution in [1.82, 2.24) is 5.32 Å². The van der Waals surface area contributed by atoms with Crippen molar-refractivity contribution in [2.24, 2.45) is 17.8 Å². The molecule has 0 aromatic rings. The van der Waals surface area contributed by atoms with Crippen LogP contribution in [-0.4, -0.2) is 12.6 Å². The highest BCUT2D eigenvalue weighted by molar-refractivity contribution is 4.98. The molecule has 0 aromatic heterocycles. The fourth-order valence-corrected chi connectivity index (χ4v) is 2.54. The maximum Gasteiger partial charge on any atom is 0.0666 e. The van der Waals surface area contributed by atoms with Crippen molar-refractivity contribution in [1.29, 1.82) is 5.26 Å². The Bertz CT molecular complexity index is 219. The van der Waals surface area contributed by atoms with Crippen molar-refractivity contribution in [2.75, 3.05) is 6.54 Å². The summed E-state index contributed by atoms with van der Waals surface area (Å²) in [6, 6.07) is 3.00. The van der Waals surface area contributed by atoms with E-state index in [4.69, 9.17) is 5.26 Å². The first kappa shape index (κ1) is 9.02. The molecule has 1 N–H and O–H groups in total. The van der Waals surface area contributed by atoms with Gasteiger partial charge in [0.05, 0.1) is 12.0 Å². The predicted molar refractivity (Wildman–Crippen MR) is 52.0 cm³/mol. The lowest BCUT2D eigenvalue weighted by atomic mass is 9.95. The lowest BCUT2D eigenvalue weighted by Gasteiger charge is -2.23. The number of fused-ring (bicyclic) bond motifs is 1. The minimum absolute atomic E-state index is 0.166. The number of nitrogens with one attached hydrogen (secondary N) is 1. The Morgan fingerprint density at radius 3 is 3.15 bits per heavy atom. The van der Waals surface area contributed by atoms with E-state index in [1.165, 1.54) is 25.7 Å². The molecule has 2 aliphatic carbocycles. The lowest BCUT2D eigenvalue weighted by Crippen LogP contribution is -2.36. The second-order valence-electron chi connectivity index (χ2n) is 4.64. The first-order valence-corrected chi connectivity index (χ1v) is 5.44. The molecule has 0 aromatic carbocycles. The summed E-state index contributed by atoms with van der Waals surface area (Å²) in [5.41, 5.74) is 0. The predicted octanol–water partition coefficient (Wildman–Crippen LogP) is 1.92. The summed E-state index contributed by atoms with van der Waals surface area (Å²) >= 11 is 0. The third-order valence-corrected chi connectivity index (χ3v) is 3.49. The van der Waals surface area contributed by atoms with Crippen LogP contribution >= 0.6 is 0 Å². The molecular formula is C11H18N2. The maximum absolute atomic E-state index is 8.65. The van der Waals surface area contributed by atoms with Crippen molar-refractivity contribution in [3.05, 3.63) is 0 Å². The van der Waals surface area contributed by atoms with Crippen molar-refractivity contribution < 1.29 is 0 Å². The molecule has 2 fully saturated rings. The van der Waals surface area contributed by atoms with Gasteiger partial charge in [0.15, 0.2) is 0 Å². The Kier molecular flexibility index (Phi) is 2.55. The van der Waals surface area contributed by atoms with Gasteiger partial charge < -0.3 is 5.32 Å². The van der Waals surface area contributed by atoms with E-state index in [9.17, 15) is 0 Å². The molecule has 2 nitrogen and oxygen atoms in total. The number of nitriles is 1. The molecule has 2 saturated carbocycles. The van der Waals surface area contributed by atoms with E-state index in [0.717, 1.165) is 24.4 Å². The van der Waals surface area contributed by atoms with Crippen LogP contribution in [0.25, 0.3) is 0 Å².